The molecule has 2 aliphatic rings. The minimum Gasteiger partial charge on any atom is -0.497 e. The van der Waals surface area contributed by atoms with E-state index in [-0.39, 0.29) is 11.4 Å². The molecule has 34 heavy (non-hydrogen) atoms. The maximum absolute atomic E-state index is 14.2. The van der Waals surface area contributed by atoms with Crippen LogP contribution in [0.1, 0.15) is 64.8 Å². The molecule has 3 heterocycles. The van der Waals surface area contributed by atoms with E-state index in [2.05, 4.69) is 5.10 Å². The van der Waals surface area contributed by atoms with Crippen LogP contribution in [0, 0.1) is 0 Å². The molecule has 174 valence electrons. The predicted octanol–water partition coefficient (Wildman–Crippen LogP) is 2.70. The molecule has 1 fully saturated rings. The van der Waals surface area contributed by atoms with Crippen molar-refractivity contribution in [3.05, 3.63) is 65.4 Å². The maximum Gasteiger partial charge on any atom is 0.277 e. The Morgan fingerprint density at radius 3 is 2.35 bits per heavy atom. The number of hydrogen-bond acceptors (Lipinski definition) is 5. The van der Waals surface area contributed by atoms with E-state index in [4.69, 9.17) is 29.7 Å². The van der Waals surface area contributed by atoms with Crippen molar-refractivity contribution in [3.8, 4) is 11.4 Å². The molecule has 2 N–H and O–H groups in total. The lowest BCUT2D eigenvalue weighted by Crippen LogP contribution is -2.39. The summed E-state index contributed by atoms with van der Waals surface area (Å²) < 4.78 is 122. The SMILES string of the molecule is [2H]c1c([2H])c(-n2nc(C(N)=O)c3c2C(=O)N(c2ccc(N4CC([2H])([2H])C([2H])([2H])C([2H])([2H])C4=O)cc2)C([2H])([2H])C3([2H])[2H])c([2H])c([2H])c1OC. The fraction of sp³-hybridized carbons (Fsp3) is 0.280. The van der Waals surface area contributed by atoms with Gasteiger partial charge in [-0.3, -0.25) is 14.4 Å². The first-order valence-electron chi connectivity index (χ1n) is 16.7. The van der Waals surface area contributed by atoms with Crippen LogP contribution in [0.3, 0.4) is 0 Å². The van der Waals surface area contributed by atoms with Gasteiger partial charge in [-0.2, -0.15) is 5.10 Å². The highest BCUT2D eigenvalue weighted by molar-refractivity contribution is 6.09. The van der Waals surface area contributed by atoms with E-state index in [1.807, 2.05) is 0 Å². The quantitative estimate of drug-likeness (QED) is 0.613. The second-order valence-corrected chi connectivity index (χ2v) is 6.94. The highest BCUT2D eigenvalue weighted by atomic mass is 16.5. The summed E-state index contributed by atoms with van der Waals surface area (Å²) in [6, 6.07) is 1.20. The molecule has 3 amide bonds. The molecule has 9 nitrogen and oxygen atoms in total. The predicted molar refractivity (Wildman–Crippen MR) is 127 cm³/mol. The van der Waals surface area contributed by atoms with Gasteiger partial charge in [-0.15, -0.1) is 0 Å². The summed E-state index contributed by atoms with van der Waals surface area (Å²) >= 11 is 0. The first-order chi connectivity index (χ1) is 21.9. The van der Waals surface area contributed by atoms with Gasteiger partial charge >= 0.3 is 0 Å². The number of hydrogen-bond donors (Lipinski definition) is 1. The summed E-state index contributed by atoms with van der Waals surface area (Å²) in [6.07, 6.45) is -12.6. The molecule has 1 aromatic heterocycles. The number of nitrogens with zero attached hydrogens (tertiary/aromatic N) is 4. The van der Waals surface area contributed by atoms with Crippen LogP contribution >= 0.6 is 0 Å². The number of amides is 3. The van der Waals surface area contributed by atoms with E-state index in [0.29, 0.717) is 14.5 Å². The molecule has 0 unspecified atom stereocenters. The van der Waals surface area contributed by atoms with Crippen LogP contribution in [0.2, 0.25) is 0 Å². The van der Waals surface area contributed by atoms with E-state index in [1.54, 1.807) is 0 Å². The minimum atomic E-state index is -3.31. The van der Waals surface area contributed by atoms with E-state index in [0.717, 1.165) is 31.4 Å². The van der Waals surface area contributed by atoms with Crippen molar-refractivity contribution in [2.45, 2.75) is 25.5 Å². The lowest BCUT2D eigenvalue weighted by atomic mass is 10.0. The first kappa shape index (κ1) is 10.9. The van der Waals surface area contributed by atoms with Gasteiger partial charge in [0.1, 0.15) is 11.4 Å². The highest BCUT2D eigenvalue weighted by Gasteiger charge is 2.34. The zero-order valence-corrected chi connectivity index (χ0v) is 17.5. The average Bonchev–Trinajstić information content (AvgIpc) is 3.40. The normalized spacial score (nSPS) is 29.3. The van der Waals surface area contributed by atoms with Crippen LogP contribution < -0.4 is 20.3 Å². The van der Waals surface area contributed by atoms with Crippen LogP contribution in [0.5, 0.6) is 5.75 Å². The zero-order chi connectivity index (χ0) is 36.3. The number of fused-ring (bicyclic) bond motifs is 1. The van der Waals surface area contributed by atoms with Crippen LogP contribution in [0.25, 0.3) is 5.69 Å². The summed E-state index contributed by atoms with van der Waals surface area (Å²) in [6.45, 7) is -4.21. The van der Waals surface area contributed by atoms with Crippen molar-refractivity contribution in [3.63, 3.8) is 0 Å². The van der Waals surface area contributed by atoms with Crippen molar-refractivity contribution in [2.75, 3.05) is 30.0 Å². The summed E-state index contributed by atoms with van der Waals surface area (Å²) in [5.74, 6) is -4.62. The molecule has 0 atom stereocenters. The van der Waals surface area contributed by atoms with E-state index >= 15 is 0 Å². The summed E-state index contributed by atoms with van der Waals surface area (Å²) in [5, 5.41) is 3.88. The summed E-state index contributed by atoms with van der Waals surface area (Å²) in [7, 11) is 1.10. The molecule has 2 aliphatic heterocycles. The third kappa shape index (κ3) is 3.68. The Hall–Kier alpha value is -4.14. The Labute approximate surface area is 216 Å². The number of aromatic nitrogens is 2. The number of methoxy groups -OCH3 is 1. The largest absolute Gasteiger partial charge is 0.497 e. The molecule has 5 rings (SSSR count). The Bertz CT molecular complexity index is 1880. The fourth-order valence-electron chi connectivity index (χ4n) is 3.37. The number of carbonyl (C=O) groups is 3. The van der Waals surface area contributed by atoms with Gasteiger partial charge in [-0.25, -0.2) is 4.68 Å². The minimum absolute atomic E-state index is 0.163. The van der Waals surface area contributed by atoms with E-state index in [9.17, 15) is 14.4 Å². The first-order valence-corrected chi connectivity index (χ1v) is 9.74. The number of ether oxygens (including phenoxy) is 1. The molecular formula is C25H25N5O4. The van der Waals surface area contributed by atoms with Gasteiger partial charge in [-0.1, -0.05) is 0 Å². The standard InChI is InChI=1S/C25H25N5O4/c1-34-19-11-9-18(10-12-19)30-23-20(22(27-30)24(26)32)13-15-29(25(23)33)17-7-5-16(6-8-17)28-14-3-2-4-21(28)31/h5-12H,2-4,13-15H2,1H3,(H2,26,32)/i2D2,3D2,4D2,9D,10D,11D,12D,13D2,15D2. The molecule has 2 aromatic carbocycles. The van der Waals surface area contributed by atoms with Gasteiger partial charge in [-0.05, 0) is 67.6 Å². The van der Waals surface area contributed by atoms with Crippen molar-refractivity contribution in [1.82, 2.24) is 9.78 Å². The molecular weight excluding hydrogens is 434 g/mol. The van der Waals surface area contributed by atoms with E-state index in [1.165, 1.54) is 0 Å². The second-order valence-electron chi connectivity index (χ2n) is 6.94. The molecule has 0 spiro atoms. The molecule has 0 bridgehead atoms. The molecule has 1 saturated heterocycles. The van der Waals surface area contributed by atoms with Crippen molar-refractivity contribution < 1.29 is 38.3 Å². The fourth-order valence-corrected chi connectivity index (χ4v) is 3.37. The number of benzene rings is 2. The Balaban J connectivity index is 1.70. The Morgan fingerprint density at radius 1 is 1.03 bits per heavy atom. The van der Waals surface area contributed by atoms with Gasteiger partial charge in [0.05, 0.1) is 21.0 Å². The number of anilines is 2. The smallest absolute Gasteiger partial charge is 0.277 e. The van der Waals surface area contributed by atoms with Gasteiger partial charge in [0.25, 0.3) is 11.8 Å². The number of rotatable bonds is 5. The van der Waals surface area contributed by atoms with Crippen molar-refractivity contribution in [2.24, 2.45) is 5.73 Å². The van der Waals surface area contributed by atoms with Gasteiger partial charge in [0, 0.05) is 47.3 Å². The van der Waals surface area contributed by atoms with Crippen molar-refractivity contribution in [1.29, 1.82) is 0 Å². The number of primary amides is 1. The summed E-state index contributed by atoms with van der Waals surface area (Å²) in [4.78, 5) is 40.6. The lowest BCUT2D eigenvalue weighted by Gasteiger charge is -2.29. The molecule has 0 radical (unpaired) electrons. The monoisotopic (exact) mass is 473 g/mol. The maximum atomic E-state index is 14.2. The molecule has 0 saturated carbocycles. The third-order valence-corrected chi connectivity index (χ3v) is 4.98. The van der Waals surface area contributed by atoms with Crippen LogP contribution in [-0.2, 0) is 11.2 Å². The second kappa shape index (κ2) is 8.66. The van der Waals surface area contributed by atoms with Gasteiger partial charge < -0.3 is 20.3 Å². The third-order valence-electron chi connectivity index (χ3n) is 4.98. The number of piperidine rings is 1. The molecule has 0 aliphatic carbocycles. The Kier molecular flexibility index (Phi) is 2.77. The number of carbonyl (C=O) groups excluding carboxylic acids is 3. The van der Waals surface area contributed by atoms with Gasteiger partial charge in [0.2, 0.25) is 5.91 Å². The lowest BCUT2D eigenvalue weighted by molar-refractivity contribution is -0.119. The van der Waals surface area contributed by atoms with Crippen LogP contribution in [-0.4, -0.2) is 47.7 Å². The van der Waals surface area contributed by atoms with Crippen LogP contribution in [0.15, 0.2) is 48.4 Å². The highest BCUT2D eigenvalue weighted by Crippen LogP contribution is 2.31. The van der Waals surface area contributed by atoms with Crippen molar-refractivity contribution >= 4 is 29.1 Å². The topological polar surface area (TPSA) is 111 Å². The zero-order valence-electron chi connectivity index (χ0n) is 31.5. The number of nitrogens with two attached hydrogens (primary N) is 1. The molecule has 9 heteroatoms. The molecule has 3 aromatic rings. The average molecular weight is 474 g/mol. The van der Waals surface area contributed by atoms with E-state index < -0.39 is 109 Å². The van der Waals surface area contributed by atoms with Gasteiger partial charge in [0.15, 0.2) is 5.69 Å². The Morgan fingerprint density at radius 2 is 1.71 bits per heavy atom. The summed E-state index contributed by atoms with van der Waals surface area (Å²) in [5.41, 5.74) is 1.53. The van der Waals surface area contributed by atoms with Crippen LogP contribution in [0.4, 0.5) is 11.4 Å².